The molecule has 2 aromatic carbocycles. The molecule has 1 N–H and O–H groups in total. The lowest BCUT2D eigenvalue weighted by atomic mass is 10.2. The Kier molecular flexibility index (Phi) is 6.92. The second-order valence-corrected chi connectivity index (χ2v) is 7.83. The SMILES string of the molecule is Cc1ccccc1OCCN(C)C(=O)[C@H](C)NS(=O)(=O)c1ccccc1F. The summed E-state index contributed by atoms with van der Waals surface area (Å²) in [6, 6.07) is 11.5. The van der Waals surface area contributed by atoms with Gasteiger partial charge in [0, 0.05) is 7.05 Å². The summed E-state index contributed by atoms with van der Waals surface area (Å²) in [5.74, 6) is -0.584. The lowest BCUT2D eigenvalue weighted by Crippen LogP contribution is -2.46. The molecule has 0 heterocycles. The summed E-state index contributed by atoms with van der Waals surface area (Å²) in [6.07, 6.45) is 0. The minimum atomic E-state index is -4.14. The first kappa shape index (κ1) is 20.9. The van der Waals surface area contributed by atoms with E-state index in [9.17, 15) is 17.6 Å². The van der Waals surface area contributed by atoms with Gasteiger partial charge in [-0.3, -0.25) is 4.79 Å². The van der Waals surface area contributed by atoms with Crippen LogP contribution in [0.3, 0.4) is 0 Å². The monoisotopic (exact) mass is 394 g/mol. The Hall–Kier alpha value is -2.45. The maximum atomic E-state index is 13.7. The van der Waals surface area contributed by atoms with Crippen molar-refractivity contribution in [1.82, 2.24) is 9.62 Å². The summed E-state index contributed by atoms with van der Waals surface area (Å²) in [5, 5.41) is 0. The number of nitrogens with zero attached hydrogens (tertiary/aromatic N) is 1. The Bertz CT molecular complexity index is 902. The summed E-state index contributed by atoms with van der Waals surface area (Å²) >= 11 is 0. The van der Waals surface area contributed by atoms with Gasteiger partial charge >= 0.3 is 0 Å². The van der Waals surface area contributed by atoms with E-state index in [0.29, 0.717) is 0 Å². The maximum absolute atomic E-state index is 13.7. The summed E-state index contributed by atoms with van der Waals surface area (Å²) in [4.78, 5) is 13.3. The van der Waals surface area contributed by atoms with Gasteiger partial charge in [0.05, 0.1) is 12.6 Å². The predicted octanol–water partition coefficient (Wildman–Crippen LogP) is 2.34. The molecule has 0 bridgehead atoms. The summed E-state index contributed by atoms with van der Waals surface area (Å²) in [5.41, 5.74) is 0.984. The van der Waals surface area contributed by atoms with Gasteiger partial charge in [0.1, 0.15) is 23.1 Å². The van der Waals surface area contributed by atoms with E-state index < -0.39 is 32.7 Å². The van der Waals surface area contributed by atoms with Crippen molar-refractivity contribution in [2.24, 2.45) is 0 Å². The number of sulfonamides is 1. The molecule has 2 rings (SSSR count). The van der Waals surface area contributed by atoms with Crippen LogP contribution >= 0.6 is 0 Å². The Morgan fingerprint density at radius 3 is 2.48 bits per heavy atom. The molecule has 0 unspecified atom stereocenters. The minimum absolute atomic E-state index is 0.264. The number of hydrogen-bond acceptors (Lipinski definition) is 4. The highest BCUT2D eigenvalue weighted by atomic mass is 32.2. The highest BCUT2D eigenvalue weighted by Crippen LogP contribution is 2.16. The summed E-state index contributed by atoms with van der Waals surface area (Å²) < 4.78 is 46.1. The molecule has 6 nitrogen and oxygen atoms in total. The standard InChI is InChI=1S/C19H23FN2O4S/c1-14-8-4-6-10-17(14)26-13-12-22(3)19(23)15(2)21-27(24,25)18-11-7-5-9-16(18)20/h4-11,15,21H,12-13H2,1-3H3/t15-/m0/s1. The molecular formula is C19H23FN2O4S. The fourth-order valence-electron chi connectivity index (χ4n) is 2.46. The zero-order valence-electron chi connectivity index (χ0n) is 15.5. The van der Waals surface area contributed by atoms with Crippen molar-refractivity contribution in [3.63, 3.8) is 0 Å². The van der Waals surface area contributed by atoms with Gasteiger partial charge in [-0.15, -0.1) is 0 Å². The molecule has 0 aliphatic heterocycles. The number of carbonyl (C=O) groups is 1. The van der Waals surface area contributed by atoms with Gasteiger partial charge in [0.2, 0.25) is 15.9 Å². The van der Waals surface area contributed by atoms with Crippen molar-refractivity contribution in [3.05, 3.63) is 59.9 Å². The molecule has 0 fully saturated rings. The van der Waals surface area contributed by atoms with E-state index >= 15 is 0 Å². The Morgan fingerprint density at radius 2 is 1.81 bits per heavy atom. The fraction of sp³-hybridized carbons (Fsp3) is 0.316. The topological polar surface area (TPSA) is 75.7 Å². The third-order valence-corrected chi connectivity index (χ3v) is 5.56. The average Bonchev–Trinajstić information content (AvgIpc) is 2.62. The average molecular weight is 394 g/mol. The van der Waals surface area contributed by atoms with E-state index in [1.807, 2.05) is 31.2 Å². The van der Waals surface area contributed by atoms with Crippen LogP contribution in [0.25, 0.3) is 0 Å². The molecule has 2 aromatic rings. The van der Waals surface area contributed by atoms with Crippen molar-refractivity contribution in [3.8, 4) is 5.75 Å². The van der Waals surface area contributed by atoms with Crippen LogP contribution in [0.5, 0.6) is 5.75 Å². The van der Waals surface area contributed by atoms with Crippen LogP contribution in [0.4, 0.5) is 4.39 Å². The van der Waals surface area contributed by atoms with Crippen molar-refractivity contribution in [1.29, 1.82) is 0 Å². The minimum Gasteiger partial charge on any atom is -0.491 e. The largest absolute Gasteiger partial charge is 0.491 e. The smallest absolute Gasteiger partial charge is 0.244 e. The third-order valence-electron chi connectivity index (χ3n) is 3.98. The Morgan fingerprint density at radius 1 is 1.19 bits per heavy atom. The zero-order valence-corrected chi connectivity index (χ0v) is 16.3. The van der Waals surface area contributed by atoms with Gasteiger partial charge in [0.15, 0.2) is 0 Å². The van der Waals surface area contributed by atoms with Crippen molar-refractivity contribution in [2.45, 2.75) is 24.8 Å². The van der Waals surface area contributed by atoms with E-state index in [-0.39, 0.29) is 13.2 Å². The van der Waals surface area contributed by atoms with Crippen LogP contribution in [0, 0.1) is 12.7 Å². The number of hydrogen-bond donors (Lipinski definition) is 1. The van der Waals surface area contributed by atoms with Crippen LogP contribution in [0.15, 0.2) is 53.4 Å². The molecule has 0 aliphatic carbocycles. The molecule has 0 saturated carbocycles. The highest BCUT2D eigenvalue weighted by Gasteiger charge is 2.26. The molecule has 1 amide bonds. The number of likely N-dealkylation sites (N-methyl/N-ethyl adjacent to an activating group) is 1. The quantitative estimate of drug-likeness (QED) is 0.746. The molecular weight excluding hydrogens is 371 g/mol. The molecule has 27 heavy (non-hydrogen) atoms. The first-order valence-corrected chi connectivity index (χ1v) is 9.91. The number of halogens is 1. The van der Waals surface area contributed by atoms with Crippen LogP contribution in [-0.4, -0.2) is 45.5 Å². The Labute approximate surface area is 159 Å². The van der Waals surface area contributed by atoms with Crippen LogP contribution < -0.4 is 9.46 Å². The van der Waals surface area contributed by atoms with E-state index in [4.69, 9.17) is 4.74 Å². The van der Waals surface area contributed by atoms with Crippen molar-refractivity contribution >= 4 is 15.9 Å². The predicted molar refractivity (Wildman–Crippen MR) is 100 cm³/mol. The number of rotatable bonds is 8. The lowest BCUT2D eigenvalue weighted by molar-refractivity contribution is -0.131. The molecule has 0 aliphatic rings. The number of aryl methyl sites for hydroxylation is 1. The number of amides is 1. The number of benzene rings is 2. The van der Waals surface area contributed by atoms with E-state index in [2.05, 4.69) is 4.72 Å². The molecule has 0 saturated heterocycles. The van der Waals surface area contributed by atoms with E-state index in [0.717, 1.165) is 23.4 Å². The lowest BCUT2D eigenvalue weighted by Gasteiger charge is -2.22. The van der Waals surface area contributed by atoms with Gasteiger partial charge < -0.3 is 9.64 Å². The molecule has 1 atom stereocenters. The summed E-state index contributed by atoms with van der Waals surface area (Å²) in [6.45, 7) is 3.88. The molecule has 0 aromatic heterocycles. The van der Waals surface area contributed by atoms with E-state index in [1.165, 1.54) is 24.0 Å². The molecule has 8 heteroatoms. The van der Waals surface area contributed by atoms with Gasteiger partial charge in [-0.1, -0.05) is 30.3 Å². The number of carbonyl (C=O) groups excluding carboxylic acids is 1. The Balaban J connectivity index is 1.92. The van der Waals surface area contributed by atoms with Gasteiger partial charge in [-0.25, -0.2) is 12.8 Å². The van der Waals surface area contributed by atoms with Crippen LogP contribution in [0.2, 0.25) is 0 Å². The number of para-hydroxylation sites is 1. The summed E-state index contributed by atoms with van der Waals surface area (Å²) in [7, 11) is -2.59. The van der Waals surface area contributed by atoms with E-state index in [1.54, 1.807) is 7.05 Å². The van der Waals surface area contributed by atoms with Crippen LogP contribution in [0.1, 0.15) is 12.5 Å². The third kappa shape index (κ3) is 5.51. The van der Waals surface area contributed by atoms with Gasteiger partial charge in [-0.2, -0.15) is 4.72 Å². The second-order valence-electron chi connectivity index (χ2n) is 6.15. The zero-order chi connectivity index (χ0) is 20.0. The van der Waals surface area contributed by atoms with Crippen molar-refractivity contribution in [2.75, 3.05) is 20.2 Å². The number of nitrogens with one attached hydrogen (secondary N) is 1. The van der Waals surface area contributed by atoms with Crippen LogP contribution in [-0.2, 0) is 14.8 Å². The first-order chi connectivity index (χ1) is 12.7. The fourth-order valence-corrected chi connectivity index (χ4v) is 3.74. The van der Waals surface area contributed by atoms with Gasteiger partial charge in [0.25, 0.3) is 0 Å². The second kappa shape index (κ2) is 8.96. The number of ether oxygens (including phenoxy) is 1. The molecule has 0 spiro atoms. The van der Waals surface area contributed by atoms with Crippen molar-refractivity contribution < 1.29 is 22.3 Å². The highest BCUT2D eigenvalue weighted by molar-refractivity contribution is 7.89. The normalized spacial score (nSPS) is 12.4. The van der Waals surface area contributed by atoms with Gasteiger partial charge in [-0.05, 0) is 37.6 Å². The molecule has 0 radical (unpaired) electrons. The molecule has 146 valence electrons. The maximum Gasteiger partial charge on any atom is 0.244 e. The first-order valence-electron chi connectivity index (χ1n) is 8.42.